The number of hydrogen-bond acceptors (Lipinski definition) is 5. The van der Waals surface area contributed by atoms with E-state index in [0.717, 1.165) is 24.5 Å². The van der Waals surface area contributed by atoms with Crippen LogP contribution in [0.15, 0.2) is 5.38 Å². The van der Waals surface area contributed by atoms with Crippen molar-refractivity contribution in [3.8, 4) is 0 Å². The van der Waals surface area contributed by atoms with Gasteiger partial charge in [-0.25, -0.2) is 4.98 Å². The Morgan fingerprint density at radius 1 is 1.50 bits per heavy atom. The number of likely N-dealkylation sites (tertiary alicyclic amines) is 1. The number of aromatic nitrogens is 1. The van der Waals surface area contributed by atoms with Crippen molar-refractivity contribution in [1.82, 2.24) is 15.2 Å². The van der Waals surface area contributed by atoms with Gasteiger partial charge in [-0.2, -0.15) is 0 Å². The Balaban J connectivity index is 0.00000220. The lowest BCUT2D eigenvalue weighted by molar-refractivity contribution is 0.0934. The number of rotatable bonds is 6. The highest BCUT2D eigenvalue weighted by Gasteiger charge is 2.18. The zero-order valence-electron chi connectivity index (χ0n) is 12.9. The number of amides is 1. The maximum absolute atomic E-state index is 12.0. The molecule has 2 rings (SSSR count). The van der Waals surface area contributed by atoms with Gasteiger partial charge < -0.3 is 11.1 Å². The van der Waals surface area contributed by atoms with Gasteiger partial charge in [-0.05, 0) is 32.9 Å². The number of nitrogens with two attached hydrogens (primary N) is 1. The Labute approximate surface area is 148 Å². The summed E-state index contributed by atoms with van der Waals surface area (Å²) in [4.78, 5) is 18.7. The number of piperidine rings is 1. The third-order valence-electron chi connectivity index (χ3n) is 3.77. The predicted molar refractivity (Wildman–Crippen MR) is 96.6 cm³/mol. The molecule has 5 nitrogen and oxygen atoms in total. The van der Waals surface area contributed by atoms with Crippen molar-refractivity contribution >= 4 is 42.1 Å². The fourth-order valence-electron chi connectivity index (χ4n) is 2.55. The van der Waals surface area contributed by atoms with Crippen LogP contribution in [0.2, 0.25) is 0 Å². The summed E-state index contributed by atoms with van der Waals surface area (Å²) in [5, 5.41) is 5.70. The number of nitrogens with zero attached hydrogens (tertiary/aromatic N) is 2. The zero-order valence-corrected chi connectivity index (χ0v) is 15.4. The van der Waals surface area contributed by atoms with E-state index in [4.69, 9.17) is 5.73 Å². The average Bonchev–Trinajstić information content (AvgIpc) is 2.90. The Morgan fingerprint density at radius 2 is 2.27 bits per heavy atom. The molecule has 1 unspecified atom stereocenters. The molecule has 22 heavy (non-hydrogen) atoms. The van der Waals surface area contributed by atoms with Gasteiger partial charge in [0.15, 0.2) is 0 Å². The van der Waals surface area contributed by atoms with Crippen LogP contribution in [-0.4, -0.2) is 48.0 Å². The quantitative estimate of drug-likeness (QED) is 0.806. The van der Waals surface area contributed by atoms with E-state index in [-0.39, 0.29) is 30.7 Å². The molecule has 128 valence electrons. The second-order valence-electron chi connectivity index (χ2n) is 5.30. The smallest absolute Gasteiger partial charge is 0.270 e. The summed E-state index contributed by atoms with van der Waals surface area (Å²) in [6.45, 7) is 5.59. The highest BCUT2D eigenvalue weighted by molar-refractivity contribution is 7.09. The summed E-state index contributed by atoms with van der Waals surface area (Å²) in [7, 11) is 0. The first-order valence-corrected chi connectivity index (χ1v) is 8.25. The van der Waals surface area contributed by atoms with E-state index in [1.54, 1.807) is 0 Å². The summed E-state index contributed by atoms with van der Waals surface area (Å²) in [6, 6.07) is 0.635. The number of halogens is 2. The van der Waals surface area contributed by atoms with Gasteiger partial charge in [-0.3, -0.25) is 9.69 Å². The first-order valence-electron chi connectivity index (χ1n) is 7.37. The van der Waals surface area contributed by atoms with E-state index < -0.39 is 0 Å². The van der Waals surface area contributed by atoms with Crippen LogP contribution in [0.1, 0.15) is 41.7 Å². The van der Waals surface area contributed by atoms with Crippen LogP contribution in [-0.2, 0) is 6.42 Å². The van der Waals surface area contributed by atoms with Gasteiger partial charge >= 0.3 is 0 Å². The molecule has 2 heterocycles. The topological polar surface area (TPSA) is 71.2 Å². The number of hydrogen-bond donors (Lipinski definition) is 2. The third-order valence-corrected chi connectivity index (χ3v) is 4.68. The lowest BCUT2D eigenvalue weighted by Gasteiger charge is -2.33. The summed E-state index contributed by atoms with van der Waals surface area (Å²) in [5.41, 5.74) is 6.00. The van der Waals surface area contributed by atoms with Gasteiger partial charge in [-0.1, -0.05) is 6.42 Å². The summed E-state index contributed by atoms with van der Waals surface area (Å²) in [5.74, 6) is -0.0748. The Bertz CT molecular complexity index is 444. The van der Waals surface area contributed by atoms with Gasteiger partial charge in [0, 0.05) is 30.9 Å². The molecule has 1 saturated heterocycles. The average molecular weight is 369 g/mol. The molecule has 1 aliphatic heterocycles. The van der Waals surface area contributed by atoms with Crippen molar-refractivity contribution in [2.45, 2.75) is 38.6 Å². The summed E-state index contributed by atoms with van der Waals surface area (Å²) in [6.07, 6.45) is 4.60. The second-order valence-corrected chi connectivity index (χ2v) is 6.24. The van der Waals surface area contributed by atoms with E-state index in [1.807, 2.05) is 5.38 Å². The second kappa shape index (κ2) is 11.2. The lowest BCUT2D eigenvalue weighted by atomic mass is 10.0. The van der Waals surface area contributed by atoms with Crippen molar-refractivity contribution in [3.05, 3.63) is 16.1 Å². The number of nitrogens with one attached hydrogen (secondary N) is 1. The van der Waals surface area contributed by atoms with Crippen molar-refractivity contribution in [3.63, 3.8) is 0 Å². The number of carbonyl (C=O) groups is 1. The van der Waals surface area contributed by atoms with Crippen LogP contribution in [0, 0.1) is 0 Å². The first kappa shape index (κ1) is 21.6. The van der Waals surface area contributed by atoms with Crippen molar-refractivity contribution in [2.24, 2.45) is 5.73 Å². The van der Waals surface area contributed by atoms with Crippen LogP contribution in [0.3, 0.4) is 0 Å². The summed E-state index contributed by atoms with van der Waals surface area (Å²) < 4.78 is 0. The van der Waals surface area contributed by atoms with Crippen molar-refractivity contribution in [2.75, 3.05) is 26.2 Å². The van der Waals surface area contributed by atoms with Crippen molar-refractivity contribution < 1.29 is 4.79 Å². The number of thiazole rings is 1. The van der Waals surface area contributed by atoms with Gasteiger partial charge in [0.2, 0.25) is 0 Å². The van der Waals surface area contributed by atoms with Gasteiger partial charge in [-0.15, -0.1) is 36.2 Å². The molecule has 0 aliphatic carbocycles. The van der Waals surface area contributed by atoms with E-state index in [0.29, 0.717) is 24.8 Å². The van der Waals surface area contributed by atoms with Crippen LogP contribution in [0.25, 0.3) is 0 Å². The largest absolute Gasteiger partial charge is 0.349 e. The maximum atomic E-state index is 12.0. The molecule has 1 aromatic rings. The molecule has 3 N–H and O–H groups in total. The normalized spacial score (nSPS) is 18.2. The van der Waals surface area contributed by atoms with E-state index in [1.165, 1.54) is 30.6 Å². The maximum Gasteiger partial charge on any atom is 0.270 e. The minimum Gasteiger partial charge on any atom is -0.349 e. The Kier molecular flexibility index (Phi) is 11.0. The molecule has 1 aliphatic rings. The standard InChI is InChI=1S/C14H24N4OS.2ClH/c1-11-4-2-3-8-18(11)9-7-16-14(19)12-10-20-13(17-12)5-6-15;;/h10-11H,2-9,15H2,1H3,(H,16,19);2*1H. The molecule has 0 radical (unpaired) electrons. The lowest BCUT2D eigenvalue weighted by Crippen LogP contribution is -2.42. The SMILES string of the molecule is CC1CCCCN1CCNC(=O)c1csc(CCN)n1.Cl.Cl. The van der Waals surface area contributed by atoms with Crippen LogP contribution >= 0.6 is 36.2 Å². The predicted octanol–water partition coefficient (Wildman–Crippen LogP) is 2.09. The van der Waals surface area contributed by atoms with Gasteiger partial charge in [0.25, 0.3) is 5.91 Å². The minimum atomic E-state index is -0.0748. The molecule has 0 bridgehead atoms. The Morgan fingerprint density at radius 3 is 2.95 bits per heavy atom. The third kappa shape index (κ3) is 6.38. The minimum absolute atomic E-state index is 0. The molecular weight excluding hydrogens is 343 g/mol. The monoisotopic (exact) mass is 368 g/mol. The summed E-state index contributed by atoms with van der Waals surface area (Å²) >= 11 is 1.50. The van der Waals surface area contributed by atoms with Crippen LogP contribution in [0.4, 0.5) is 0 Å². The number of carbonyl (C=O) groups excluding carboxylic acids is 1. The fraction of sp³-hybridized carbons (Fsp3) is 0.714. The molecule has 1 fully saturated rings. The van der Waals surface area contributed by atoms with Gasteiger partial charge in [0.1, 0.15) is 5.69 Å². The molecular formula is C14H26Cl2N4OS. The van der Waals surface area contributed by atoms with E-state index in [2.05, 4.69) is 22.1 Å². The van der Waals surface area contributed by atoms with E-state index in [9.17, 15) is 4.79 Å². The van der Waals surface area contributed by atoms with Crippen LogP contribution < -0.4 is 11.1 Å². The molecule has 8 heteroatoms. The molecule has 0 saturated carbocycles. The molecule has 0 aromatic carbocycles. The van der Waals surface area contributed by atoms with Crippen molar-refractivity contribution in [1.29, 1.82) is 0 Å². The highest BCUT2D eigenvalue weighted by Crippen LogP contribution is 2.15. The fourth-order valence-corrected chi connectivity index (χ4v) is 3.34. The highest BCUT2D eigenvalue weighted by atomic mass is 35.5. The molecule has 1 amide bonds. The Hall–Kier alpha value is -0.400. The van der Waals surface area contributed by atoms with Crippen LogP contribution in [0.5, 0.6) is 0 Å². The van der Waals surface area contributed by atoms with E-state index >= 15 is 0 Å². The van der Waals surface area contributed by atoms with Gasteiger partial charge in [0.05, 0.1) is 5.01 Å². The molecule has 0 spiro atoms. The first-order chi connectivity index (χ1) is 9.70. The molecule has 1 aromatic heterocycles. The zero-order chi connectivity index (χ0) is 14.4. The molecule has 1 atom stereocenters.